The fraction of sp³-hybridized carbons (Fsp3) is 0.333. The van der Waals surface area contributed by atoms with Gasteiger partial charge in [-0.1, -0.05) is 36.5 Å². The Labute approximate surface area is 275 Å². The SMILES string of the molecule is CCOc1ccccc1N.CCOc1ccccc1N.O=C([O-])C([O-])C(O)C(=O)[O-].O=C([O-])C([O-])C(O)C(=O)[O-].[Sb+3].[Sb+3]. The third-order valence-electron chi connectivity index (χ3n) is 3.96. The van der Waals surface area contributed by atoms with Gasteiger partial charge in [-0.2, -0.15) is 0 Å². The van der Waals surface area contributed by atoms with E-state index in [4.69, 9.17) is 31.2 Å². The summed E-state index contributed by atoms with van der Waals surface area (Å²) in [6.45, 7) is 5.20. The number of carboxylic acids is 4. The number of aliphatic hydroxyl groups is 2. The number of ether oxygens (including phenoxy) is 2. The normalized spacial score (nSPS) is 12.0. The van der Waals surface area contributed by atoms with E-state index in [1.54, 1.807) is 0 Å². The maximum Gasteiger partial charge on any atom is 3.00 e. The van der Waals surface area contributed by atoms with Crippen molar-refractivity contribution in [1.29, 1.82) is 0 Å². The van der Waals surface area contributed by atoms with Crippen molar-refractivity contribution in [1.82, 2.24) is 0 Å². The molecule has 0 spiro atoms. The summed E-state index contributed by atoms with van der Waals surface area (Å²) < 4.78 is 10.4. The summed E-state index contributed by atoms with van der Waals surface area (Å²) >= 11 is 0. The molecule has 4 radical (unpaired) electrons. The Morgan fingerprint density at radius 3 is 1.07 bits per heavy atom. The van der Waals surface area contributed by atoms with Gasteiger partial charge < -0.3 is 81.0 Å². The molecular formula is C24H28N2O14Sb2. The number of nitrogens with two attached hydrogens (primary N) is 2. The van der Waals surface area contributed by atoms with Crippen molar-refractivity contribution in [3.05, 3.63) is 48.5 Å². The van der Waals surface area contributed by atoms with Gasteiger partial charge in [0.2, 0.25) is 0 Å². The van der Waals surface area contributed by atoms with Crippen LogP contribution in [0.15, 0.2) is 48.5 Å². The summed E-state index contributed by atoms with van der Waals surface area (Å²) in [4.78, 5) is 38.3. The van der Waals surface area contributed by atoms with Crippen molar-refractivity contribution >= 4 is 84.1 Å². The van der Waals surface area contributed by atoms with Gasteiger partial charge in [-0.15, -0.1) is 0 Å². The Balaban J connectivity index is -0.000000226. The molecule has 0 aliphatic carbocycles. The molecule has 228 valence electrons. The van der Waals surface area contributed by atoms with Gasteiger partial charge in [0.15, 0.2) is 0 Å². The quantitative estimate of drug-likeness (QED) is 0.128. The third-order valence-corrected chi connectivity index (χ3v) is 3.96. The van der Waals surface area contributed by atoms with Crippen LogP contribution in [0.1, 0.15) is 13.8 Å². The number of carbonyl (C=O) groups excluding carboxylic acids is 4. The Kier molecular flexibility index (Phi) is 28.1. The monoisotopic (exact) mass is 810 g/mol. The van der Waals surface area contributed by atoms with Crippen LogP contribution in [0, 0.1) is 0 Å². The van der Waals surface area contributed by atoms with Crippen LogP contribution in [0.5, 0.6) is 11.5 Å². The molecule has 0 heterocycles. The first-order valence-electron chi connectivity index (χ1n) is 11.1. The van der Waals surface area contributed by atoms with E-state index in [1.165, 1.54) is 0 Å². The summed E-state index contributed by atoms with van der Waals surface area (Å²) in [5, 5.41) is 74.7. The molecule has 0 aliphatic heterocycles. The minimum atomic E-state index is -2.69. The Morgan fingerprint density at radius 1 is 0.643 bits per heavy atom. The summed E-state index contributed by atoms with van der Waals surface area (Å²) in [5.41, 5.74) is 12.6. The van der Waals surface area contributed by atoms with E-state index in [0.29, 0.717) is 24.6 Å². The summed E-state index contributed by atoms with van der Waals surface area (Å²) in [7, 11) is 0. The zero-order valence-electron chi connectivity index (χ0n) is 22.2. The van der Waals surface area contributed by atoms with Crippen molar-refractivity contribution in [2.24, 2.45) is 0 Å². The molecule has 42 heavy (non-hydrogen) atoms. The molecule has 4 unspecified atom stereocenters. The molecule has 0 fully saturated rings. The maximum atomic E-state index is 10.0. The van der Waals surface area contributed by atoms with Crippen LogP contribution in [0.2, 0.25) is 0 Å². The molecule has 4 atom stereocenters. The first-order chi connectivity index (χ1) is 18.6. The topological polar surface area (TPSA) is 318 Å². The molecule has 2 aromatic rings. The van der Waals surface area contributed by atoms with Crippen LogP contribution in [0.3, 0.4) is 0 Å². The van der Waals surface area contributed by atoms with Gasteiger partial charge in [-0.25, -0.2) is 0 Å². The summed E-state index contributed by atoms with van der Waals surface area (Å²) in [5.74, 6) is -7.04. The van der Waals surface area contributed by atoms with Crippen LogP contribution in [-0.4, -0.2) is 121 Å². The molecule has 0 bridgehead atoms. The largest absolute Gasteiger partial charge is 3.00 e. The molecular weight excluding hydrogens is 784 g/mol. The number of anilines is 2. The van der Waals surface area contributed by atoms with E-state index in [0.717, 1.165) is 11.5 Å². The standard InChI is InChI=1S/2C8H11NO.2C4H5O6.2Sb/c2*1-2-10-8-6-4-3-5-7(8)9;2*5-1(3(7)8)2(6)4(9)10;;/h2*3-6H,2,9H2,1H3;2*1-2,5H,(H,7,8)(H,9,10);;/q;;2*-1;2*+3/p-4. The number of carbonyl (C=O) groups is 4. The second kappa shape index (κ2) is 25.7. The van der Waals surface area contributed by atoms with Gasteiger partial charge in [0.05, 0.1) is 48.7 Å². The predicted molar refractivity (Wildman–Crippen MR) is 135 cm³/mol. The van der Waals surface area contributed by atoms with E-state index >= 15 is 0 Å². The molecule has 6 N–H and O–H groups in total. The molecule has 2 aromatic carbocycles. The Bertz CT molecular complexity index is 957. The number of aliphatic carboxylic acids is 4. The molecule has 2 rings (SSSR count). The van der Waals surface area contributed by atoms with E-state index in [9.17, 15) is 49.8 Å². The number of para-hydroxylation sites is 4. The Morgan fingerprint density at radius 2 is 0.905 bits per heavy atom. The summed E-state index contributed by atoms with van der Waals surface area (Å²) in [6.07, 6.45) is -10.5. The van der Waals surface area contributed by atoms with Crippen molar-refractivity contribution < 1.29 is 69.5 Å². The smallest absolute Gasteiger partial charge is 0.846 e. The van der Waals surface area contributed by atoms with Gasteiger partial charge >= 0.3 is 48.9 Å². The first kappa shape index (κ1) is 46.0. The van der Waals surface area contributed by atoms with E-state index in [1.807, 2.05) is 62.4 Å². The number of benzene rings is 2. The van der Waals surface area contributed by atoms with Gasteiger partial charge in [0.1, 0.15) is 11.5 Å². The number of carboxylic acid groups (broad SMARTS) is 4. The number of hydrogen-bond donors (Lipinski definition) is 4. The minimum Gasteiger partial charge on any atom is -0.846 e. The van der Waals surface area contributed by atoms with Crippen LogP contribution < -0.4 is 51.6 Å². The van der Waals surface area contributed by atoms with Crippen LogP contribution in [0.25, 0.3) is 0 Å². The third kappa shape index (κ3) is 20.0. The predicted octanol–water partition coefficient (Wildman–Crippen LogP) is -8.27. The number of hydrogen-bond acceptors (Lipinski definition) is 16. The second-order valence-electron chi connectivity index (χ2n) is 6.95. The number of aliphatic hydroxyl groups excluding tert-OH is 2. The van der Waals surface area contributed by atoms with E-state index in [2.05, 4.69) is 0 Å². The van der Waals surface area contributed by atoms with Crippen LogP contribution >= 0.6 is 0 Å². The molecule has 0 aromatic heterocycles. The average molecular weight is 812 g/mol. The van der Waals surface area contributed by atoms with E-state index < -0.39 is 48.3 Å². The first-order valence-corrected chi connectivity index (χ1v) is 11.1. The molecule has 0 saturated heterocycles. The zero-order chi connectivity index (χ0) is 31.4. The molecule has 0 amide bonds. The van der Waals surface area contributed by atoms with Crippen molar-refractivity contribution in [3.63, 3.8) is 0 Å². The second-order valence-corrected chi connectivity index (χ2v) is 6.95. The van der Waals surface area contributed by atoms with Crippen molar-refractivity contribution in [3.8, 4) is 11.5 Å². The van der Waals surface area contributed by atoms with Gasteiger partial charge in [0, 0.05) is 11.9 Å². The summed E-state index contributed by atoms with van der Waals surface area (Å²) in [6, 6.07) is 15.0. The molecule has 18 heteroatoms. The van der Waals surface area contributed by atoms with Crippen LogP contribution in [0.4, 0.5) is 11.4 Å². The molecule has 0 saturated carbocycles. The fourth-order valence-electron chi connectivity index (χ4n) is 2.04. The van der Waals surface area contributed by atoms with Gasteiger partial charge in [0.25, 0.3) is 0 Å². The van der Waals surface area contributed by atoms with E-state index in [-0.39, 0.29) is 48.9 Å². The minimum absolute atomic E-state index is 0. The van der Waals surface area contributed by atoms with Crippen LogP contribution in [-0.2, 0) is 19.2 Å². The maximum absolute atomic E-state index is 10.0. The van der Waals surface area contributed by atoms with Crippen molar-refractivity contribution in [2.75, 3.05) is 24.7 Å². The molecule has 0 aliphatic rings. The zero-order valence-corrected chi connectivity index (χ0v) is 27.3. The van der Waals surface area contributed by atoms with Gasteiger partial charge in [-0.3, -0.25) is 0 Å². The molecule has 16 nitrogen and oxygen atoms in total. The average Bonchev–Trinajstić information content (AvgIpc) is 2.90. The van der Waals surface area contributed by atoms with Gasteiger partial charge in [-0.05, 0) is 38.1 Å². The fourth-order valence-corrected chi connectivity index (χ4v) is 2.04. The van der Waals surface area contributed by atoms with Crippen molar-refractivity contribution in [2.45, 2.75) is 38.3 Å². The number of nitrogen functional groups attached to an aromatic ring is 2. The Hall–Kier alpha value is -3.00. The number of rotatable bonds is 10.